The van der Waals surface area contributed by atoms with Gasteiger partial charge in [-0.05, 0) is 31.0 Å². The third kappa shape index (κ3) is 2.68. The van der Waals surface area contributed by atoms with E-state index < -0.39 is 16.4 Å². The smallest absolute Gasteiger partial charge is 0.124 e. The van der Waals surface area contributed by atoms with E-state index in [1.165, 1.54) is 12.1 Å². The van der Waals surface area contributed by atoms with Crippen LogP contribution in [0.15, 0.2) is 29.2 Å². The van der Waals surface area contributed by atoms with Crippen molar-refractivity contribution in [2.75, 3.05) is 5.75 Å². The number of hydrogen-bond donors (Lipinski definition) is 1. The summed E-state index contributed by atoms with van der Waals surface area (Å²) in [5, 5.41) is 10.1. The number of hydrogen-bond acceptors (Lipinski definition) is 2. The molecule has 1 aromatic carbocycles. The summed E-state index contributed by atoms with van der Waals surface area (Å²) in [7, 11) is -1.31. The lowest BCUT2D eigenvalue weighted by Crippen LogP contribution is -2.31. The van der Waals surface area contributed by atoms with Crippen LogP contribution in [0.4, 0.5) is 4.39 Å². The van der Waals surface area contributed by atoms with Gasteiger partial charge < -0.3 is 5.11 Å². The molecule has 1 aliphatic rings. The molecule has 0 aliphatic heterocycles. The molecule has 1 unspecified atom stereocenters. The van der Waals surface area contributed by atoms with Crippen molar-refractivity contribution in [2.24, 2.45) is 0 Å². The predicted octanol–water partition coefficient (Wildman–Crippen LogP) is 2.24. The van der Waals surface area contributed by atoms with Crippen LogP contribution in [-0.4, -0.2) is 20.7 Å². The minimum absolute atomic E-state index is 0.219. The zero-order chi connectivity index (χ0) is 11.6. The lowest BCUT2D eigenvalue weighted by atomic mass is 10.1. The molecule has 1 aliphatic carbocycles. The third-order valence-electron chi connectivity index (χ3n) is 2.99. The molecule has 0 radical (unpaired) electrons. The quantitative estimate of drug-likeness (QED) is 0.882. The Bertz CT molecular complexity index is 400. The summed E-state index contributed by atoms with van der Waals surface area (Å²) in [6, 6.07) is 5.78. The Morgan fingerprint density at radius 3 is 2.69 bits per heavy atom. The fourth-order valence-corrected chi connectivity index (χ4v) is 3.53. The van der Waals surface area contributed by atoms with Gasteiger partial charge in [0.25, 0.3) is 0 Å². The van der Waals surface area contributed by atoms with Gasteiger partial charge in [-0.3, -0.25) is 4.21 Å². The molecule has 0 saturated heterocycles. The summed E-state index contributed by atoms with van der Waals surface area (Å²) in [5.41, 5.74) is -0.808. The van der Waals surface area contributed by atoms with Crippen molar-refractivity contribution in [2.45, 2.75) is 36.2 Å². The summed E-state index contributed by atoms with van der Waals surface area (Å²) in [4.78, 5) is 0.459. The van der Waals surface area contributed by atoms with Gasteiger partial charge in [-0.15, -0.1) is 0 Å². The van der Waals surface area contributed by atoms with E-state index in [9.17, 15) is 13.7 Å². The highest BCUT2D eigenvalue weighted by Gasteiger charge is 2.33. The lowest BCUT2D eigenvalue weighted by molar-refractivity contribution is 0.0723. The normalized spacial score (nSPS) is 20.9. The van der Waals surface area contributed by atoms with Gasteiger partial charge in [-0.1, -0.05) is 18.9 Å². The first-order valence-corrected chi connectivity index (χ1v) is 6.77. The largest absolute Gasteiger partial charge is 0.389 e. The van der Waals surface area contributed by atoms with Crippen LogP contribution in [0, 0.1) is 5.82 Å². The van der Waals surface area contributed by atoms with Gasteiger partial charge in [0, 0.05) is 4.90 Å². The highest BCUT2D eigenvalue weighted by atomic mass is 32.2. The van der Waals surface area contributed by atoms with E-state index in [1.807, 2.05) is 0 Å². The van der Waals surface area contributed by atoms with Crippen molar-refractivity contribution in [3.8, 4) is 0 Å². The Balaban J connectivity index is 2.08. The van der Waals surface area contributed by atoms with Gasteiger partial charge in [0.1, 0.15) is 5.82 Å². The van der Waals surface area contributed by atoms with Crippen molar-refractivity contribution in [3.63, 3.8) is 0 Å². The van der Waals surface area contributed by atoms with E-state index in [0.29, 0.717) is 17.7 Å². The first kappa shape index (κ1) is 11.7. The Hall–Kier alpha value is -0.740. The lowest BCUT2D eigenvalue weighted by Gasteiger charge is -2.21. The van der Waals surface area contributed by atoms with E-state index in [1.54, 1.807) is 12.1 Å². The average molecular weight is 242 g/mol. The summed E-state index contributed by atoms with van der Waals surface area (Å²) in [6.07, 6.45) is 3.37. The molecule has 1 aromatic rings. The average Bonchev–Trinajstić information content (AvgIpc) is 2.65. The van der Waals surface area contributed by atoms with Gasteiger partial charge in [0.15, 0.2) is 0 Å². The Kier molecular flexibility index (Phi) is 3.40. The van der Waals surface area contributed by atoms with Crippen LogP contribution in [-0.2, 0) is 10.8 Å². The molecule has 88 valence electrons. The maximum atomic E-state index is 12.9. The molecule has 0 heterocycles. The molecule has 0 amide bonds. The van der Waals surface area contributed by atoms with Crippen molar-refractivity contribution >= 4 is 10.8 Å². The van der Waals surface area contributed by atoms with E-state index in [4.69, 9.17) is 0 Å². The molecule has 1 atom stereocenters. The van der Waals surface area contributed by atoms with E-state index >= 15 is 0 Å². The summed E-state index contributed by atoms with van der Waals surface area (Å²) in [5.74, 6) is -0.166. The van der Waals surface area contributed by atoms with Gasteiger partial charge in [0.2, 0.25) is 0 Å². The molecule has 0 spiro atoms. The highest BCUT2D eigenvalue weighted by molar-refractivity contribution is 7.85. The molecule has 1 fully saturated rings. The number of benzene rings is 1. The molecule has 0 bridgehead atoms. The molecule has 1 saturated carbocycles. The Morgan fingerprint density at radius 2 is 2.06 bits per heavy atom. The fourth-order valence-electron chi connectivity index (χ4n) is 2.11. The van der Waals surface area contributed by atoms with Gasteiger partial charge in [-0.25, -0.2) is 4.39 Å². The SMILES string of the molecule is O=S(CC1(O)CCCC1)c1cccc(F)c1. The number of halogens is 1. The van der Waals surface area contributed by atoms with Crippen LogP contribution < -0.4 is 0 Å². The van der Waals surface area contributed by atoms with Gasteiger partial charge in [0.05, 0.1) is 22.2 Å². The Labute approximate surface area is 96.9 Å². The Morgan fingerprint density at radius 1 is 1.38 bits per heavy atom. The van der Waals surface area contributed by atoms with Crippen LogP contribution in [0.25, 0.3) is 0 Å². The summed E-state index contributed by atoms with van der Waals surface area (Å²) >= 11 is 0. The standard InChI is InChI=1S/C12H15FO2S/c13-10-4-3-5-11(8-10)16(15)9-12(14)6-1-2-7-12/h3-5,8,14H,1-2,6-7,9H2. The zero-order valence-electron chi connectivity index (χ0n) is 8.99. The molecule has 2 rings (SSSR count). The molecular formula is C12H15FO2S. The molecule has 2 nitrogen and oxygen atoms in total. The molecule has 4 heteroatoms. The van der Waals surface area contributed by atoms with Crippen molar-refractivity contribution in [1.82, 2.24) is 0 Å². The number of rotatable bonds is 3. The van der Waals surface area contributed by atoms with Crippen LogP contribution in [0.5, 0.6) is 0 Å². The van der Waals surface area contributed by atoms with Crippen LogP contribution in [0.1, 0.15) is 25.7 Å². The van der Waals surface area contributed by atoms with Crippen molar-refractivity contribution < 1.29 is 13.7 Å². The minimum atomic E-state index is -1.31. The predicted molar refractivity (Wildman–Crippen MR) is 61.1 cm³/mol. The maximum Gasteiger partial charge on any atom is 0.124 e. The minimum Gasteiger partial charge on any atom is -0.389 e. The topological polar surface area (TPSA) is 37.3 Å². The van der Waals surface area contributed by atoms with E-state index in [2.05, 4.69) is 0 Å². The number of aliphatic hydroxyl groups is 1. The maximum absolute atomic E-state index is 12.9. The second kappa shape index (κ2) is 4.63. The third-order valence-corrected chi connectivity index (χ3v) is 4.57. The molecular weight excluding hydrogens is 227 g/mol. The highest BCUT2D eigenvalue weighted by Crippen LogP contribution is 2.31. The van der Waals surface area contributed by atoms with Crippen LogP contribution in [0.2, 0.25) is 0 Å². The van der Waals surface area contributed by atoms with Gasteiger partial charge >= 0.3 is 0 Å². The second-order valence-corrected chi connectivity index (χ2v) is 5.83. The summed E-state index contributed by atoms with van der Waals surface area (Å²) in [6.45, 7) is 0. The second-order valence-electron chi connectivity index (χ2n) is 4.38. The van der Waals surface area contributed by atoms with Crippen LogP contribution >= 0.6 is 0 Å². The molecule has 1 N–H and O–H groups in total. The van der Waals surface area contributed by atoms with Crippen molar-refractivity contribution in [3.05, 3.63) is 30.1 Å². The van der Waals surface area contributed by atoms with E-state index in [0.717, 1.165) is 12.8 Å². The first-order chi connectivity index (χ1) is 7.59. The van der Waals surface area contributed by atoms with Crippen LogP contribution in [0.3, 0.4) is 0 Å². The summed E-state index contributed by atoms with van der Waals surface area (Å²) < 4.78 is 24.9. The molecule has 16 heavy (non-hydrogen) atoms. The van der Waals surface area contributed by atoms with Gasteiger partial charge in [-0.2, -0.15) is 0 Å². The first-order valence-electron chi connectivity index (χ1n) is 5.45. The van der Waals surface area contributed by atoms with E-state index in [-0.39, 0.29) is 11.6 Å². The zero-order valence-corrected chi connectivity index (χ0v) is 9.80. The molecule has 0 aromatic heterocycles. The monoisotopic (exact) mass is 242 g/mol. The fraction of sp³-hybridized carbons (Fsp3) is 0.500. The van der Waals surface area contributed by atoms with Crippen molar-refractivity contribution in [1.29, 1.82) is 0 Å².